The lowest BCUT2D eigenvalue weighted by molar-refractivity contribution is 0.101. The predicted molar refractivity (Wildman–Crippen MR) is 79.6 cm³/mol. The highest BCUT2D eigenvalue weighted by Crippen LogP contribution is 2.29. The van der Waals surface area contributed by atoms with Crippen LogP contribution in [0.4, 0.5) is 0 Å². The summed E-state index contributed by atoms with van der Waals surface area (Å²) >= 11 is 0. The molecule has 3 aromatic rings. The van der Waals surface area contributed by atoms with E-state index in [-0.39, 0.29) is 33.5 Å². The van der Waals surface area contributed by atoms with E-state index in [1.54, 1.807) is 12.1 Å². The molecule has 3 rings (SSSR count). The summed E-state index contributed by atoms with van der Waals surface area (Å²) in [6.07, 6.45) is 0. The van der Waals surface area contributed by atoms with E-state index in [2.05, 4.69) is 0 Å². The minimum atomic E-state index is -0.379. The highest BCUT2D eigenvalue weighted by molar-refractivity contribution is 6.06. The Labute approximate surface area is 120 Å². The van der Waals surface area contributed by atoms with E-state index in [9.17, 15) is 14.7 Å². The molecule has 0 amide bonds. The first-order chi connectivity index (χ1) is 10.1. The maximum absolute atomic E-state index is 12.2. The van der Waals surface area contributed by atoms with Crippen molar-refractivity contribution in [3.05, 3.63) is 64.3 Å². The normalized spacial score (nSPS) is 10.7. The molecular formula is C17H12O4. The number of Topliss-reactive ketones (excluding diaryl/α,β-unsaturated/α-hetero) is 1. The van der Waals surface area contributed by atoms with Gasteiger partial charge in [0.05, 0.1) is 5.56 Å². The smallest absolute Gasteiger partial charge is 0.197 e. The molecule has 0 atom stereocenters. The summed E-state index contributed by atoms with van der Waals surface area (Å²) in [7, 11) is 0. The average Bonchev–Trinajstić information content (AvgIpc) is 2.47. The summed E-state index contributed by atoms with van der Waals surface area (Å²) in [6.45, 7) is 1.39. The standard InChI is InChI=1S/C17H12O4/c1-10(18)12-7-8-13(19)16-14(20)9-15(21-17(12)16)11-5-3-2-4-6-11/h2-9,19H,1H3. The zero-order valence-corrected chi connectivity index (χ0v) is 11.3. The van der Waals surface area contributed by atoms with Crippen molar-refractivity contribution < 1.29 is 14.3 Å². The van der Waals surface area contributed by atoms with Crippen LogP contribution in [-0.4, -0.2) is 10.9 Å². The van der Waals surface area contributed by atoms with Crippen molar-refractivity contribution in [2.75, 3.05) is 0 Å². The molecule has 0 radical (unpaired) electrons. The second kappa shape index (κ2) is 4.90. The van der Waals surface area contributed by atoms with Crippen molar-refractivity contribution in [1.29, 1.82) is 0 Å². The van der Waals surface area contributed by atoms with Gasteiger partial charge in [-0.25, -0.2) is 0 Å². The number of ketones is 1. The van der Waals surface area contributed by atoms with Gasteiger partial charge in [-0.3, -0.25) is 9.59 Å². The molecule has 0 unspecified atom stereocenters. The lowest BCUT2D eigenvalue weighted by Crippen LogP contribution is -2.04. The number of phenols is 1. The fourth-order valence-corrected chi connectivity index (χ4v) is 2.27. The van der Waals surface area contributed by atoms with Crippen LogP contribution in [0.25, 0.3) is 22.3 Å². The van der Waals surface area contributed by atoms with Gasteiger partial charge >= 0.3 is 0 Å². The number of benzene rings is 2. The highest BCUT2D eigenvalue weighted by atomic mass is 16.3. The van der Waals surface area contributed by atoms with Crippen LogP contribution in [0.1, 0.15) is 17.3 Å². The second-order valence-corrected chi connectivity index (χ2v) is 4.73. The molecule has 0 saturated heterocycles. The van der Waals surface area contributed by atoms with Gasteiger partial charge in [0.15, 0.2) is 16.8 Å². The molecule has 1 aromatic heterocycles. The molecule has 0 aliphatic rings. The Bertz CT molecular complexity index is 892. The van der Waals surface area contributed by atoms with Gasteiger partial charge in [-0.15, -0.1) is 0 Å². The van der Waals surface area contributed by atoms with Gasteiger partial charge in [-0.1, -0.05) is 30.3 Å². The number of carbonyl (C=O) groups excluding carboxylic acids is 1. The number of phenolic OH excluding ortho intramolecular Hbond substituents is 1. The molecular weight excluding hydrogens is 268 g/mol. The molecule has 0 aliphatic carbocycles. The summed E-state index contributed by atoms with van der Waals surface area (Å²) < 4.78 is 5.72. The fraction of sp³-hybridized carbons (Fsp3) is 0.0588. The largest absolute Gasteiger partial charge is 0.507 e. The molecule has 104 valence electrons. The summed E-state index contributed by atoms with van der Waals surface area (Å²) in [6, 6.07) is 13.2. The van der Waals surface area contributed by atoms with Crippen LogP contribution < -0.4 is 5.43 Å². The molecule has 0 bridgehead atoms. The summed E-state index contributed by atoms with van der Waals surface area (Å²) in [5, 5.41) is 9.88. The number of hydrogen-bond acceptors (Lipinski definition) is 4. The van der Waals surface area contributed by atoms with Gasteiger partial charge < -0.3 is 9.52 Å². The monoisotopic (exact) mass is 280 g/mol. The first-order valence-electron chi connectivity index (χ1n) is 6.44. The van der Waals surface area contributed by atoms with Crippen LogP contribution in [0.15, 0.2) is 57.7 Å². The topological polar surface area (TPSA) is 67.5 Å². The van der Waals surface area contributed by atoms with Crippen LogP contribution in [0.5, 0.6) is 5.75 Å². The highest BCUT2D eigenvalue weighted by Gasteiger charge is 2.16. The lowest BCUT2D eigenvalue weighted by atomic mass is 10.1. The summed E-state index contributed by atoms with van der Waals surface area (Å²) in [5.41, 5.74) is 0.747. The molecule has 0 aliphatic heterocycles. The Morgan fingerprint density at radius 2 is 1.81 bits per heavy atom. The summed E-state index contributed by atoms with van der Waals surface area (Å²) in [4.78, 5) is 23.9. The third-order valence-electron chi connectivity index (χ3n) is 3.29. The van der Waals surface area contributed by atoms with E-state index >= 15 is 0 Å². The van der Waals surface area contributed by atoms with Crippen molar-refractivity contribution in [2.24, 2.45) is 0 Å². The van der Waals surface area contributed by atoms with Crippen LogP contribution in [-0.2, 0) is 0 Å². The quantitative estimate of drug-likeness (QED) is 0.731. The molecule has 4 nitrogen and oxygen atoms in total. The third kappa shape index (κ3) is 2.21. The minimum Gasteiger partial charge on any atom is -0.507 e. The number of hydrogen-bond donors (Lipinski definition) is 1. The first kappa shape index (κ1) is 13.1. The maximum atomic E-state index is 12.2. The van der Waals surface area contributed by atoms with E-state index < -0.39 is 0 Å². The molecule has 1 heterocycles. The van der Waals surface area contributed by atoms with Crippen molar-refractivity contribution in [2.45, 2.75) is 6.92 Å². The maximum Gasteiger partial charge on any atom is 0.197 e. The SMILES string of the molecule is CC(=O)c1ccc(O)c2c(=O)cc(-c3ccccc3)oc12. The van der Waals surface area contributed by atoms with Crippen LogP contribution in [0.3, 0.4) is 0 Å². The zero-order chi connectivity index (χ0) is 15.0. The molecule has 0 fully saturated rings. The van der Waals surface area contributed by atoms with Crippen LogP contribution >= 0.6 is 0 Å². The van der Waals surface area contributed by atoms with Crippen molar-refractivity contribution in [3.8, 4) is 17.1 Å². The predicted octanol–water partition coefficient (Wildman–Crippen LogP) is 3.37. The molecule has 0 spiro atoms. The molecule has 4 heteroatoms. The molecule has 21 heavy (non-hydrogen) atoms. The number of carbonyl (C=O) groups is 1. The van der Waals surface area contributed by atoms with Crippen molar-refractivity contribution in [3.63, 3.8) is 0 Å². The van der Waals surface area contributed by atoms with E-state index in [4.69, 9.17) is 4.42 Å². The van der Waals surface area contributed by atoms with Gasteiger partial charge in [0, 0.05) is 11.6 Å². The van der Waals surface area contributed by atoms with Crippen molar-refractivity contribution >= 4 is 16.8 Å². The molecule has 1 N–H and O–H groups in total. The van der Waals surface area contributed by atoms with Crippen molar-refractivity contribution in [1.82, 2.24) is 0 Å². The second-order valence-electron chi connectivity index (χ2n) is 4.73. The first-order valence-corrected chi connectivity index (χ1v) is 6.44. The van der Waals surface area contributed by atoms with Crippen LogP contribution in [0.2, 0.25) is 0 Å². The molecule has 2 aromatic carbocycles. The van der Waals surface area contributed by atoms with E-state index in [1.165, 1.54) is 25.1 Å². The fourth-order valence-electron chi connectivity index (χ4n) is 2.27. The van der Waals surface area contributed by atoms with Gasteiger partial charge in [-0.2, -0.15) is 0 Å². The van der Waals surface area contributed by atoms with Crippen LogP contribution in [0, 0.1) is 0 Å². The third-order valence-corrected chi connectivity index (χ3v) is 3.29. The van der Waals surface area contributed by atoms with Gasteiger partial charge in [0.1, 0.15) is 16.9 Å². The number of fused-ring (bicyclic) bond motifs is 1. The minimum absolute atomic E-state index is 0.0300. The molecule has 0 saturated carbocycles. The van der Waals surface area contributed by atoms with E-state index in [0.29, 0.717) is 5.76 Å². The van der Waals surface area contributed by atoms with Gasteiger partial charge in [-0.05, 0) is 19.1 Å². The van der Waals surface area contributed by atoms with E-state index in [0.717, 1.165) is 5.56 Å². The lowest BCUT2D eigenvalue weighted by Gasteiger charge is -2.07. The number of rotatable bonds is 2. The van der Waals surface area contributed by atoms with E-state index in [1.807, 2.05) is 18.2 Å². The Hall–Kier alpha value is -2.88. The van der Waals surface area contributed by atoms with Gasteiger partial charge in [0.2, 0.25) is 0 Å². The average molecular weight is 280 g/mol. The summed E-state index contributed by atoms with van der Waals surface area (Å²) in [5.74, 6) is -0.0575. The Morgan fingerprint density at radius 1 is 1.10 bits per heavy atom. The Morgan fingerprint density at radius 3 is 2.48 bits per heavy atom. The number of aromatic hydroxyl groups is 1. The Kier molecular flexibility index (Phi) is 3.06. The Balaban J connectivity index is 2.40. The zero-order valence-electron chi connectivity index (χ0n) is 11.3. The van der Waals surface area contributed by atoms with Gasteiger partial charge in [0.25, 0.3) is 0 Å².